The average Bonchev–Trinajstić information content (AvgIpc) is 3.11. The fourth-order valence-corrected chi connectivity index (χ4v) is 4.06. The molecule has 1 aliphatic heterocycles. The number of allylic oxidation sites excluding steroid dienone is 1. The van der Waals surface area contributed by atoms with Crippen LogP contribution in [0.4, 0.5) is 0 Å². The molecule has 0 spiro atoms. The van der Waals surface area contributed by atoms with Crippen molar-refractivity contribution >= 4 is 23.9 Å². The maximum atomic E-state index is 13.1. The second-order valence-electron chi connectivity index (χ2n) is 8.82. The Hall–Kier alpha value is -3.50. The van der Waals surface area contributed by atoms with Crippen LogP contribution in [0.1, 0.15) is 40.5 Å². The smallest absolute Gasteiger partial charge is 0.337 e. The molecule has 0 aromatic rings. The molecule has 0 saturated carbocycles. The number of fused-ring (bicyclic) bond motifs is 1. The minimum atomic E-state index is -0.872. The van der Waals surface area contributed by atoms with Crippen LogP contribution in [0.2, 0.25) is 0 Å². The van der Waals surface area contributed by atoms with Gasteiger partial charge in [-0.1, -0.05) is 24.3 Å². The van der Waals surface area contributed by atoms with Gasteiger partial charge in [0.05, 0.1) is 30.3 Å². The molecule has 0 aromatic heterocycles. The molecule has 1 heterocycles. The maximum absolute atomic E-state index is 13.1. The zero-order chi connectivity index (χ0) is 27.7. The van der Waals surface area contributed by atoms with E-state index in [1.54, 1.807) is 19.9 Å². The molecule has 0 amide bonds. The Labute approximate surface area is 215 Å². The van der Waals surface area contributed by atoms with Crippen molar-refractivity contribution < 1.29 is 48.3 Å². The Bertz CT molecular complexity index is 1050. The van der Waals surface area contributed by atoms with Gasteiger partial charge >= 0.3 is 23.9 Å². The van der Waals surface area contributed by atoms with E-state index in [0.717, 1.165) is 11.6 Å². The normalized spacial score (nSPS) is 27.6. The van der Waals surface area contributed by atoms with Gasteiger partial charge in [0, 0.05) is 25.3 Å². The summed E-state index contributed by atoms with van der Waals surface area (Å²) in [6, 6.07) is 0. The molecule has 2 aliphatic rings. The second kappa shape index (κ2) is 13.7. The molecule has 4 atom stereocenters. The van der Waals surface area contributed by atoms with Crippen molar-refractivity contribution in [3.8, 4) is 0 Å². The van der Waals surface area contributed by atoms with Crippen molar-refractivity contribution in [1.82, 2.24) is 0 Å². The van der Waals surface area contributed by atoms with Crippen LogP contribution in [0.3, 0.4) is 0 Å². The SMILES string of the molecule is C=C1C(=O)O[C@H]2/C=C(/C)[C@@H](OC(C)=O)C/C=C(\C)C[C@@H](OC(=O)/C(=C/CO)COC(=O)/C(=C/C)CO)[C@@H]12. The van der Waals surface area contributed by atoms with Crippen LogP contribution < -0.4 is 0 Å². The largest absolute Gasteiger partial charge is 0.458 e. The van der Waals surface area contributed by atoms with Crippen molar-refractivity contribution in [2.24, 2.45) is 5.92 Å². The van der Waals surface area contributed by atoms with Gasteiger partial charge in [-0.05, 0) is 38.5 Å². The Morgan fingerprint density at radius 1 is 1.16 bits per heavy atom. The molecule has 1 fully saturated rings. The number of hydrogen-bond donors (Lipinski definition) is 2. The predicted molar refractivity (Wildman–Crippen MR) is 132 cm³/mol. The van der Waals surface area contributed by atoms with E-state index in [-0.39, 0.29) is 23.1 Å². The van der Waals surface area contributed by atoms with Gasteiger partial charge in [-0.2, -0.15) is 0 Å². The summed E-state index contributed by atoms with van der Waals surface area (Å²) < 4.78 is 21.8. The topological polar surface area (TPSA) is 146 Å². The van der Waals surface area contributed by atoms with Crippen LogP contribution in [0.25, 0.3) is 0 Å². The van der Waals surface area contributed by atoms with Gasteiger partial charge < -0.3 is 29.2 Å². The van der Waals surface area contributed by atoms with Crippen LogP contribution in [0.15, 0.2) is 58.7 Å². The summed E-state index contributed by atoms with van der Waals surface area (Å²) in [6.45, 7) is 8.76. The van der Waals surface area contributed by atoms with E-state index >= 15 is 0 Å². The summed E-state index contributed by atoms with van der Waals surface area (Å²) in [4.78, 5) is 49.2. The Balaban J connectivity index is 2.34. The van der Waals surface area contributed by atoms with E-state index in [9.17, 15) is 29.4 Å². The van der Waals surface area contributed by atoms with E-state index in [1.165, 1.54) is 13.0 Å². The molecule has 0 radical (unpaired) electrons. The van der Waals surface area contributed by atoms with Gasteiger partial charge in [-0.3, -0.25) is 4.79 Å². The maximum Gasteiger partial charge on any atom is 0.337 e. The summed E-state index contributed by atoms with van der Waals surface area (Å²) >= 11 is 0. The molecule has 0 aromatic carbocycles. The van der Waals surface area contributed by atoms with Gasteiger partial charge in [0.15, 0.2) is 0 Å². The number of carbonyl (C=O) groups is 4. The van der Waals surface area contributed by atoms with E-state index in [1.807, 2.05) is 13.0 Å². The van der Waals surface area contributed by atoms with Gasteiger partial charge in [0.1, 0.15) is 24.9 Å². The number of hydrogen-bond acceptors (Lipinski definition) is 10. The fourth-order valence-electron chi connectivity index (χ4n) is 4.06. The van der Waals surface area contributed by atoms with Crippen LogP contribution in [0, 0.1) is 5.92 Å². The highest BCUT2D eigenvalue weighted by Crippen LogP contribution is 2.36. The number of rotatable bonds is 8. The van der Waals surface area contributed by atoms with E-state index in [4.69, 9.17) is 18.9 Å². The first-order chi connectivity index (χ1) is 17.5. The third-order valence-corrected chi connectivity index (χ3v) is 6.11. The highest BCUT2D eigenvalue weighted by atomic mass is 16.6. The monoisotopic (exact) mass is 518 g/mol. The summed E-state index contributed by atoms with van der Waals surface area (Å²) in [5.41, 5.74) is 1.51. The molecule has 37 heavy (non-hydrogen) atoms. The lowest BCUT2D eigenvalue weighted by Gasteiger charge is -2.28. The van der Waals surface area contributed by atoms with Gasteiger partial charge in [-0.15, -0.1) is 0 Å². The van der Waals surface area contributed by atoms with Gasteiger partial charge in [0.25, 0.3) is 0 Å². The first kappa shape index (κ1) is 29.7. The lowest BCUT2D eigenvalue weighted by molar-refractivity contribution is -0.149. The van der Waals surface area contributed by atoms with Gasteiger partial charge in [-0.25, -0.2) is 14.4 Å². The highest BCUT2D eigenvalue weighted by Gasteiger charge is 2.45. The van der Waals surface area contributed by atoms with Crippen molar-refractivity contribution in [2.75, 3.05) is 19.8 Å². The van der Waals surface area contributed by atoms with E-state index in [0.29, 0.717) is 12.0 Å². The van der Waals surface area contributed by atoms with Crippen molar-refractivity contribution in [3.05, 3.63) is 58.7 Å². The molecule has 10 nitrogen and oxygen atoms in total. The molecule has 2 N–H and O–H groups in total. The van der Waals surface area contributed by atoms with Crippen LogP contribution >= 0.6 is 0 Å². The van der Waals surface area contributed by atoms with E-state index in [2.05, 4.69) is 6.58 Å². The summed E-state index contributed by atoms with van der Waals surface area (Å²) in [7, 11) is 0. The zero-order valence-electron chi connectivity index (χ0n) is 21.5. The van der Waals surface area contributed by atoms with Crippen molar-refractivity contribution in [1.29, 1.82) is 0 Å². The average molecular weight is 519 g/mol. The number of carbonyl (C=O) groups excluding carboxylic acids is 4. The summed E-state index contributed by atoms with van der Waals surface area (Å²) in [5.74, 6) is -3.47. The predicted octanol–water partition coefficient (Wildman–Crippen LogP) is 2.01. The van der Waals surface area contributed by atoms with Crippen molar-refractivity contribution in [3.63, 3.8) is 0 Å². The lowest BCUT2D eigenvalue weighted by Crippen LogP contribution is -2.35. The third-order valence-electron chi connectivity index (χ3n) is 6.11. The number of ether oxygens (including phenoxy) is 4. The zero-order valence-corrected chi connectivity index (χ0v) is 21.5. The number of aliphatic hydroxyl groups excluding tert-OH is 2. The summed E-state index contributed by atoms with van der Waals surface area (Å²) in [5, 5.41) is 18.6. The highest BCUT2D eigenvalue weighted by molar-refractivity contribution is 5.93. The molecular weight excluding hydrogens is 484 g/mol. The first-order valence-electron chi connectivity index (χ1n) is 11.9. The fraction of sp³-hybridized carbons (Fsp3) is 0.481. The second-order valence-corrected chi connectivity index (χ2v) is 8.82. The quantitative estimate of drug-likeness (QED) is 0.212. The van der Waals surface area contributed by atoms with Gasteiger partial charge in [0.2, 0.25) is 0 Å². The van der Waals surface area contributed by atoms with E-state index < -0.39 is 67.9 Å². The number of esters is 4. The molecule has 1 saturated heterocycles. The molecule has 2 rings (SSSR count). The molecule has 202 valence electrons. The van der Waals surface area contributed by atoms with Crippen LogP contribution in [-0.2, 0) is 38.1 Å². The first-order valence-corrected chi connectivity index (χ1v) is 11.9. The Morgan fingerprint density at radius 3 is 2.46 bits per heavy atom. The third kappa shape index (κ3) is 7.99. The van der Waals surface area contributed by atoms with Crippen molar-refractivity contribution in [2.45, 2.75) is 58.8 Å². The number of aliphatic hydroxyl groups is 2. The molecule has 0 unspecified atom stereocenters. The Kier molecular flexibility index (Phi) is 11.0. The minimum Gasteiger partial charge on any atom is -0.458 e. The lowest BCUT2D eigenvalue weighted by atomic mass is 9.85. The molecule has 0 bridgehead atoms. The minimum absolute atomic E-state index is 0.0137. The summed E-state index contributed by atoms with van der Waals surface area (Å²) in [6.07, 6.45) is 4.45. The molecular formula is C27H34O10. The molecule has 10 heteroatoms. The Morgan fingerprint density at radius 2 is 1.86 bits per heavy atom. The standard InChI is InChI=1S/C27H34O10/c1-6-19(13-29)26(32)34-14-20(9-10-28)27(33)37-22-11-15(2)7-8-21(35-18(5)30)16(3)12-23-24(22)17(4)25(31)36-23/h6-7,9,12,21-24,28-29H,4,8,10-11,13-14H2,1-3,5H3/b15-7+,16-12-,19-6+,20-9+/t21-,22+,23-,24+/m0/s1. The van der Waals surface area contributed by atoms with Crippen LogP contribution in [-0.4, -0.2) is 72.2 Å². The van der Waals surface area contributed by atoms with Crippen LogP contribution in [0.5, 0.6) is 0 Å². The molecule has 1 aliphatic carbocycles.